The number of hydrogen-bond acceptors (Lipinski definition) is 4. The minimum absolute atomic E-state index is 0.0552. The summed E-state index contributed by atoms with van der Waals surface area (Å²) in [7, 11) is 0. The zero-order chi connectivity index (χ0) is 22.7. The van der Waals surface area contributed by atoms with Gasteiger partial charge in [-0.15, -0.1) is 0 Å². The highest BCUT2D eigenvalue weighted by Crippen LogP contribution is 2.46. The minimum atomic E-state index is -6.63. The van der Waals surface area contributed by atoms with Crippen LogP contribution in [0, 0.1) is 0 Å². The van der Waals surface area contributed by atoms with E-state index in [4.69, 9.17) is 4.42 Å². The van der Waals surface area contributed by atoms with Crippen molar-refractivity contribution >= 4 is 23.2 Å². The lowest BCUT2D eigenvalue weighted by Gasteiger charge is -2.27. The van der Waals surface area contributed by atoms with E-state index in [1.165, 1.54) is 42.8 Å². The maximum Gasteiger partial charge on any atom is 0.460 e. The number of hydrazone groups is 1. The fraction of sp³-hybridized carbons (Fsp3) is 0.235. The molecule has 0 saturated carbocycles. The number of alkyl halides is 7. The first-order valence-electron chi connectivity index (χ1n) is 7.89. The summed E-state index contributed by atoms with van der Waals surface area (Å²) >= 11 is 0. The number of hydrogen-bond donors (Lipinski definition) is 2. The van der Waals surface area contributed by atoms with Crippen LogP contribution in [0.25, 0.3) is 0 Å². The van der Waals surface area contributed by atoms with Crippen molar-refractivity contribution in [2.24, 2.45) is 5.10 Å². The van der Waals surface area contributed by atoms with Crippen molar-refractivity contribution in [1.82, 2.24) is 5.43 Å². The molecule has 0 bridgehead atoms. The number of carbonyl (C=O) groups is 2. The van der Waals surface area contributed by atoms with Gasteiger partial charge in [0.05, 0.1) is 12.0 Å². The lowest BCUT2D eigenvalue weighted by molar-refractivity contribution is -0.343. The highest BCUT2D eigenvalue weighted by Gasteiger charge is 2.76. The summed E-state index contributed by atoms with van der Waals surface area (Å²) in [4.78, 5) is 23.1. The second-order valence-electron chi connectivity index (χ2n) is 5.80. The van der Waals surface area contributed by atoms with Crippen LogP contribution in [0.3, 0.4) is 0 Å². The van der Waals surface area contributed by atoms with E-state index in [1.807, 2.05) is 0 Å². The number of anilines is 1. The van der Waals surface area contributed by atoms with E-state index in [-0.39, 0.29) is 17.0 Å². The quantitative estimate of drug-likeness (QED) is 0.402. The van der Waals surface area contributed by atoms with Crippen LogP contribution < -0.4 is 10.7 Å². The molecule has 0 atom stereocenters. The Labute approximate surface area is 163 Å². The van der Waals surface area contributed by atoms with Gasteiger partial charge in [-0.05, 0) is 36.8 Å². The van der Waals surface area contributed by atoms with Crippen LogP contribution in [0.5, 0.6) is 0 Å². The smallest absolute Gasteiger partial charge is 0.459 e. The molecule has 30 heavy (non-hydrogen) atoms. The first-order valence-corrected chi connectivity index (χ1v) is 7.89. The third-order valence-corrected chi connectivity index (χ3v) is 3.64. The molecule has 1 heterocycles. The first kappa shape index (κ1) is 22.9. The van der Waals surface area contributed by atoms with Gasteiger partial charge < -0.3 is 9.73 Å². The largest absolute Gasteiger partial charge is 0.460 e. The SMILES string of the molecule is C/C(=N/NC(=O)c1ccco1)c1cccc(NC(=O)C(F)(F)C(F)(F)C(F)(F)F)c1. The standard InChI is InChI=1S/C17H12F7N3O3/c1-9(26-27-13(28)12-6-3-7-30-12)10-4-2-5-11(8-10)25-14(29)15(18,19)16(20,21)17(22,23)24/h2-8H,1H3,(H,25,29)(H,27,28)/b26-9-. The fourth-order valence-corrected chi connectivity index (χ4v) is 2.01. The number of halogens is 7. The molecule has 0 aliphatic heterocycles. The molecular weight excluding hydrogens is 427 g/mol. The highest BCUT2D eigenvalue weighted by atomic mass is 19.4. The Kier molecular flexibility index (Phi) is 6.23. The Morgan fingerprint density at radius 3 is 2.23 bits per heavy atom. The molecule has 2 rings (SSSR count). The molecular formula is C17H12F7N3O3. The topological polar surface area (TPSA) is 83.7 Å². The molecule has 1 aromatic heterocycles. The molecule has 13 heteroatoms. The number of nitrogens with zero attached hydrogens (tertiary/aromatic N) is 1. The molecule has 0 aliphatic rings. The predicted octanol–water partition coefficient (Wildman–Crippen LogP) is 4.21. The maximum atomic E-state index is 13.4. The van der Waals surface area contributed by atoms with Gasteiger partial charge in [0.25, 0.3) is 0 Å². The van der Waals surface area contributed by atoms with E-state index in [1.54, 1.807) is 0 Å². The number of amides is 2. The summed E-state index contributed by atoms with van der Waals surface area (Å²) in [5.41, 5.74) is 1.86. The van der Waals surface area contributed by atoms with E-state index < -0.39 is 35.5 Å². The normalized spacial score (nSPS) is 13.1. The summed E-state index contributed by atoms with van der Waals surface area (Å²) in [6.45, 7) is 1.37. The van der Waals surface area contributed by atoms with E-state index >= 15 is 0 Å². The van der Waals surface area contributed by atoms with Crippen LogP contribution in [-0.4, -0.2) is 35.5 Å². The Bertz CT molecular complexity index is 954. The molecule has 0 unspecified atom stereocenters. The molecule has 0 fully saturated rings. The van der Waals surface area contributed by atoms with Crippen molar-refractivity contribution in [3.05, 3.63) is 54.0 Å². The van der Waals surface area contributed by atoms with Gasteiger partial charge in [0.1, 0.15) is 0 Å². The summed E-state index contributed by atoms with van der Waals surface area (Å²) in [5.74, 6) is -16.2. The molecule has 0 saturated heterocycles. The Balaban J connectivity index is 2.16. The number of rotatable bonds is 6. The minimum Gasteiger partial charge on any atom is -0.459 e. The van der Waals surface area contributed by atoms with Crippen LogP contribution in [0.1, 0.15) is 23.0 Å². The van der Waals surface area contributed by atoms with E-state index in [2.05, 4.69) is 10.5 Å². The molecule has 6 nitrogen and oxygen atoms in total. The lowest BCUT2D eigenvalue weighted by Crippen LogP contribution is -2.57. The second kappa shape index (κ2) is 8.16. The van der Waals surface area contributed by atoms with Crippen LogP contribution in [0.15, 0.2) is 52.2 Å². The van der Waals surface area contributed by atoms with Crippen molar-refractivity contribution in [2.75, 3.05) is 5.32 Å². The number of furan rings is 1. The summed E-state index contributed by atoms with van der Waals surface area (Å²) < 4.78 is 94.1. The Hall–Kier alpha value is -3.38. The van der Waals surface area contributed by atoms with Crippen molar-refractivity contribution < 1.29 is 44.7 Å². The summed E-state index contributed by atoms with van der Waals surface area (Å²) in [6.07, 6.45) is -5.39. The first-order chi connectivity index (χ1) is 13.8. The van der Waals surface area contributed by atoms with Crippen molar-refractivity contribution in [2.45, 2.75) is 24.9 Å². The van der Waals surface area contributed by atoms with Gasteiger partial charge in [-0.3, -0.25) is 9.59 Å². The van der Waals surface area contributed by atoms with Crippen molar-refractivity contribution in [3.8, 4) is 0 Å². The zero-order valence-corrected chi connectivity index (χ0v) is 14.9. The average Bonchev–Trinajstić information content (AvgIpc) is 3.19. The molecule has 0 aliphatic carbocycles. The molecule has 2 aromatic rings. The lowest BCUT2D eigenvalue weighted by atomic mass is 10.1. The monoisotopic (exact) mass is 439 g/mol. The van der Waals surface area contributed by atoms with Gasteiger partial charge in [-0.25, -0.2) is 5.43 Å². The van der Waals surface area contributed by atoms with E-state index in [9.17, 15) is 40.3 Å². The summed E-state index contributed by atoms with van der Waals surface area (Å²) in [5, 5.41) is 5.04. The maximum absolute atomic E-state index is 13.4. The highest BCUT2D eigenvalue weighted by molar-refractivity contribution is 6.02. The molecule has 162 valence electrons. The van der Waals surface area contributed by atoms with Gasteiger partial charge in [-0.2, -0.15) is 35.8 Å². The van der Waals surface area contributed by atoms with Crippen molar-refractivity contribution in [3.63, 3.8) is 0 Å². The Morgan fingerprint density at radius 1 is 1.00 bits per heavy atom. The molecule has 2 amide bonds. The number of nitrogens with one attached hydrogen (secondary N) is 2. The molecule has 0 radical (unpaired) electrons. The van der Waals surface area contributed by atoms with Gasteiger partial charge in [0.2, 0.25) is 0 Å². The zero-order valence-electron chi connectivity index (χ0n) is 14.9. The average molecular weight is 439 g/mol. The van der Waals surface area contributed by atoms with Crippen molar-refractivity contribution in [1.29, 1.82) is 0 Å². The molecule has 1 aromatic carbocycles. The van der Waals surface area contributed by atoms with Crippen LogP contribution in [-0.2, 0) is 4.79 Å². The Morgan fingerprint density at radius 2 is 1.67 bits per heavy atom. The fourth-order valence-electron chi connectivity index (χ4n) is 2.01. The number of benzene rings is 1. The predicted molar refractivity (Wildman–Crippen MR) is 89.4 cm³/mol. The number of carbonyl (C=O) groups excluding carboxylic acids is 2. The third-order valence-electron chi connectivity index (χ3n) is 3.64. The van der Waals surface area contributed by atoms with Gasteiger partial charge in [0.15, 0.2) is 5.76 Å². The van der Waals surface area contributed by atoms with Crippen LogP contribution >= 0.6 is 0 Å². The van der Waals surface area contributed by atoms with Gasteiger partial charge in [-0.1, -0.05) is 12.1 Å². The van der Waals surface area contributed by atoms with Crippen LogP contribution in [0.2, 0.25) is 0 Å². The van der Waals surface area contributed by atoms with Gasteiger partial charge in [0, 0.05) is 5.69 Å². The van der Waals surface area contributed by atoms with E-state index in [0.717, 1.165) is 12.1 Å². The molecule has 2 N–H and O–H groups in total. The van der Waals surface area contributed by atoms with Gasteiger partial charge >= 0.3 is 29.8 Å². The second-order valence-corrected chi connectivity index (χ2v) is 5.80. The van der Waals surface area contributed by atoms with E-state index in [0.29, 0.717) is 0 Å². The third kappa shape index (κ3) is 4.60. The van der Waals surface area contributed by atoms with Crippen LogP contribution in [0.4, 0.5) is 36.4 Å². The molecule has 0 spiro atoms. The summed E-state index contributed by atoms with van der Waals surface area (Å²) in [6, 6.07) is 7.33.